The second kappa shape index (κ2) is 9.50. The van der Waals surface area contributed by atoms with Crippen molar-refractivity contribution in [2.45, 2.75) is 13.3 Å². The number of aromatic nitrogens is 3. The van der Waals surface area contributed by atoms with Crippen molar-refractivity contribution < 1.29 is 0 Å². The van der Waals surface area contributed by atoms with E-state index in [0.717, 1.165) is 40.1 Å². The summed E-state index contributed by atoms with van der Waals surface area (Å²) in [6.45, 7) is 2.30. The lowest BCUT2D eigenvalue weighted by molar-refractivity contribution is 0.752. The molecule has 0 unspecified atom stereocenters. The highest BCUT2D eigenvalue weighted by Crippen LogP contribution is 2.49. The Morgan fingerprint density at radius 3 is 2.02 bits per heavy atom. The van der Waals surface area contributed by atoms with Crippen LogP contribution in [0, 0.1) is 5.92 Å². The zero-order chi connectivity index (χ0) is 27.3. The van der Waals surface area contributed by atoms with Gasteiger partial charge in [0.25, 0.3) is 0 Å². The molecular weight excluding hydrogens is 498 g/mol. The van der Waals surface area contributed by atoms with Crippen LogP contribution in [0.2, 0.25) is 0 Å². The second-order valence-electron chi connectivity index (χ2n) is 11.0. The van der Waals surface area contributed by atoms with Crippen LogP contribution in [-0.4, -0.2) is 15.0 Å². The molecule has 0 N–H and O–H groups in total. The Bertz CT molecular complexity index is 1960. The molecule has 0 bridgehead atoms. The number of rotatable bonds is 4. The Morgan fingerprint density at radius 1 is 0.610 bits per heavy atom. The van der Waals surface area contributed by atoms with Gasteiger partial charge in [-0.1, -0.05) is 67.6 Å². The molecule has 3 aromatic carbocycles. The third-order valence-corrected chi connectivity index (χ3v) is 8.35. The first-order valence-corrected chi connectivity index (χ1v) is 14.1. The quantitative estimate of drug-likeness (QED) is 0.230. The summed E-state index contributed by atoms with van der Waals surface area (Å²) in [5.41, 5.74) is 14.2. The molecule has 3 heterocycles. The summed E-state index contributed by atoms with van der Waals surface area (Å²) < 4.78 is 0. The van der Waals surface area contributed by atoms with Crippen LogP contribution in [0.4, 0.5) is 0 Å². The molecule has 41 heavy (non-hydrogen) atoms. The van der Waals surface area contributed by atoms with Gasteiger partial charge >= 0.3 is 0 Å². The van der Waals surface area contributed by atoms with Gasteiger partial charge in [-0.15, -0.1) is 0 Å². The molecule has 2 aliphatic rings. The van der Waals surface area contributed by atoms with E-state index in [-0.39, 0.29) is 0 Å². The number of nitrogens with zero attached hydrogens (tertiary/aromatic N) is 3. The molecule has 3 aromatic heterocycles. The zero-order valence-electron chi connectivity index (χ0n) is 22.8. The van der Waals surface area contributed by atoms with Gasteiger partial charge in [0.05, 0.1) is 11.4 Å². The minimum atomic E-state index is 0.572. The van der Waals surface area contributed by atoms with Crippen molar-refractivity contribution in [3.05, 3.63) is 139 Å². The number of fused-ring (bicyclic) bond motifs is 2. The van der Waals surface area contributed by atoms with Crippen LogP contribution in [0.15, 0.2) is 128 Å². The molecule has 0 amide bonds. The van der Waals surface area contributed by atoms with Crippen LogP contribution in [0.1, 0.15) is 24.5 Å². The monoisotopic (exact) mass is 525 g/mol. The van der Waals surface area contributed by atoms with Gasteiger partial charge in [0.2, 0.25) is 0 Å². The third-order valence-electron chi connectivity index (χ3n) is 8.35. The van der Waals surface area contributed by atoms with E-state index < -0.39 is 0 Å². The van der Waals surface area contributed by atoms with Crippen molar-refractivity contribution in [2.75, 3.05) is 0 Å². The van der Waals surface area contributed by atoms with Gasteiger partial charge < -0.3 is 0 Å². The van der Waals surface area contributed by atoms with Crippen LogP contribution < -0.4 is 0 Å². The molecule has 8 rings (SSSR count). The summed E-state index contributed by atoms with van der Waals surface area (Å²) in [7, 11) is 0. The first kappa shape index (κ1) is 23.7. The van der Waals surface area contributed by atoms with Crippen molar-refractivity contribution in [2.24, 2.45) is 5.92 Å². The Hall–Kier alpha value is -5.15. The molecule has 0 fully saturated rings. The standard InChI is InChI=1S/C38H27N3/c1-24-12-13-31-33-11-3-10-32-30(14-15-34(38(32)33)35(31)18-24)26-7-2-6-25(19-26)29-20-36(27-8-4-16-39-22-27)41-37(21-29)28-9-5-17-40-23-28/h2-17,19-24H,18H2,1H3/t24-/m1/s1. The molecular formula is C38H27N3. The molecule has 0 aliphatic heterocycles. The van der Waals surface area contributed by atoms with E-state index in [1.165, 1.54) is 44.2 Å². The van der Waals surface area contributed by atoms with Crippen LogP contribution in [0.3, 0.4) is 0 Å². The van der Waals surface area contributed by atoms with E-state index in [9.17, 15) is 0 Å². The highest BCUT2D eigenvalue weighted by molar-refractivity contribution is 6.19. The summed E-state index contributed by atoms with van der Waals surface area (Å²) >= 11 is 0. The maximum atomic E-state index is 5.00. The highest BCUT2D eigenvalue weighted by Gasteiger charge is 2.26. The summed E-state index contributed by atoms with van der Waals surface area (Å²) in [6.07, 6.45) is 13.1. The normalized spacial score (nSPS) is 15.4. The fourth-order valence-corrected chi connectivity index (χ4v) is 6.39. The van der Waals surface area contributed by atoms with Crippen LogP contribution in [0.25, 0.3) is 66.7 Å². The van der Waals surface area contributed by atoms with Gasteiger partial charge in [-0.25, -0.2) is 4.98 Å². The van der Waals surface area contributed by atoms with Crippen molar-refractivity contribution in [3.63, 3.8) is 0 Å². The predicted octanol–water partition coefficient (Wildman–Crippen LogP) is 9.51. The lowest BCUT2D eigenvalue weighted by Gasteiger charge is -2.16. The summed E-state index contributed by atoms with van der Waals surface area (Å²) in [6, 6.07) is 32.6. The number of pyridine rings is 3. The van der Waals surface area contributed by atoms with Gasteiger partial charge in [-0.05, 0) is 110 Å². The average Bonchev–Trinajstić information content (AvgIpc) is 3.36. The van der Waals surface area contributed by atoms with Gasteiger partial charge in [0, 0.05) is 35.9 Å². The minimum absolute atomic E-state index is 0.572. The molecule has 6 aromatic rings. The van der Waals surface area contributed by atoms with Crippen LogP contribution >= 0.6 is 0 Å². The smallest absolute Gasteiger partial charge is 0.0731 e. The van der Waals surface area contributed by atoms with Gasteiger partial charge in [-0.2, -0.15) is 0 Å². The lowest BCUT2D eigenvalue weighted by Crippen LogP contribution is -1.97. The number of hydrogen-bond donors (Lipinski definition) is 0. The van der Waals surface area contributed by atoms with Crippen LogP contribution in [0.5, 0.6) is 0 Å². The molecule has 194 valence electrons. The Labute approximate surface area is 239 Å². The van der Waals surface area contributed by atoms with Crippen molar-refractivity contribution in [1.82, 2.24) is 15.0 Å². The number of hydrogen-bond acceptors (Lipinski definition) is 3. The summed E-state index contributed by atoms with van der Waals surface area (Å²) in [5.74, 6) is 0.572. The van der Waals surface area contributed by atoms with Crippen LogP contribution in [-0.2, 0) is 0 Å². The Balaban J connectivity index is 1.27. The number of benzene rings is 3. The van der Waals surface area contributed by atoms with Gasteiger partial charge in [0.1, 0.15) is 0 Å². The fraction of sp³-hybridized carbons (Fsp3) is 0.0789. The maximum Gasteiger partial charge on any atom is 0.0731 e. The molecule has 2 aliphatic carbocycles. The first-order valence-electron chi connectivity index (χ1n) is 14.1. The topological polar surface area (TPSA) is 38.7 Å². The van der Waals surface area contributed by atoms with E-state index in [1.807, 2.05) is 24.5 Å². The minimum Gasteiger partial charge on any atom is -0.264 e. The van der Waals surface area contributed by atoms with E-state index in [4.69, 9.17) is 4.98 Å². The van der Waals surface area contributed by atoms with Crippen molar-refractivity contribution >= 4 is 21.9 Å². The second-order valence-corrected chi connectivity index (χ2v) is 11.0. The van der Waals surface area contributed by atoms with E-state index in [2.05, 4.69) is 108 Å². The molecule has 3 heteroatoms. The van der Waals surface area contributed by atoms with Gasteiger partial charge in [-0.3, -0.25) is 9.97 Å². The van der Waals surface area contributed by atoms with E-state index >= 15 is 0 Å². The molecule has 0 saturated heterocycles. The third kappa shape index (κ3) is 4.01. The molecule has 0 spiro atoms. The summed E-state index contributed by atoms with van der Waals surface area (Å²) in [4.78, 5) is 13.7. The highest BCUT2D eigenvalue weighted by atomic mass is 14.7. The lowest BCUT2D eigenvalue weighted by atomic mass is 9.88. The van der Waals surface area contributed by atoms with Gasteiger partial charge in [0.15, 0.2) is 0 Å². The molecule has 0 saturated carbocycles. The van der Waals surface area contributed by atoms with Crippen molar-refractivity contribution in [3.8, 4) is 44.8 Å². The molecule has 0 radical (unpaired) electrons. The summed E-state index contributed by atoms with van der Waals surface area (Å²) in [5, 5.41) is 2.70. The maximum absolute atomic E-state index is 5.00. The predicted molar refractivity (Wildman–Crippen MR) is 169 cm³/mol. The fourth-order valence-electron chi connectivity index (χ4n) is 6.39. The van der Waals surface area contributed by atoms with Crippen molar-refractivity contribution in [1.29, 1.82) is 0 Å². The first-order chi connectivity index (χ1) is 20.2. The SMILES string of the molecule is C[C@@H]1C=CC2=C(C1)c1ccc(-c3cccc(-c4cc(-c5cccnc5)nc(-c5cccnc5)c4)c3)c3cccc2c13. The molecule has 1 atom stereocenters. The zero-order valence-corrected chi connectivity index (χ0v) is 22.8. The molecule has 3 nitrogen and oxygen atoms in total. The van der Waals surface area contributed by atoms with E-state index in [1.54, 1.807) is 12.4 Å². The Kier molecular flexibility index (Phi) is 5.49. The Morgan fingerprint density at radius 2 is 1.29 bits per heavy atom. The van der Waals surface area contributed by atoms with E-state index in [0.29, 0.717) is 5.92 Å². The average molecular weight is 526 g/mol. The largest absolute Gasteiger partial charge is 0.264 e. The number of allylic oxidation sites excluding steroid dienone is 4.